The van der Waals surface area contributed by atoms with Crippen LogP contribution < -0.4 is 0 Å². The monoisotopic (exact) mass is 314 g/mol. The van der Waals surface area contributed by atoms with Gasteiger partial charge in [0.25, 0.3) is 0 Å². The van der Waals surface area contributed by atoms with E-state index in [0.717, 1.165) is 24.7 Å². The van der Waals surface area contributed by atoms with Crippen LogP contribution in [0.5, 0.6) is 0 Å². The molecule has 5 atom stereocenters. The minimum Gasteiger partial charge on any atom is -0.395 e. The predicted octanol–water partition coefficient (Wildman–Crippen LogP) is 4.44. The van der Waals surface area contributed by atoms with E-state index in [1.165, 1.54) is 37.7 Å². The Kier molecular flexibility index (Phi) is 3.61. The Hall–Kier alpha value is -0.890. The molecule has 0 aromatic rings. The van der Waals surface area contributed by atoms with Crippen LogP contribution in [0.3, 0.4) is 0 Å². The fraction of sp³-hybridized carbons (Fsp3) is 0.762. The van der Waals surface area contributed by atoms with Crippen LogP contribution in [0.1, 0.15) is 65.2 Å². The highest BCUT2D eigenvalue weighted by Crippen LogP contribution is 2.66. The molecule has 4 aliphatic rings. The number of aliphatic hydroxyl groups is 1. The summed E-state index contributed by atoms with van der Waals surface area (Å²) in [6, 6.07) is 0. The van der Waals surface area contributed by atoms with Crippen LogP contribution in [0.4, 0.5) is 0 Å². The minimum absolute atomic E-state index is 0.0726. The molecule has 0 radical (unpaired) electrons. The third-order valence-electron chi connectivity index (χ3n) is 8.16. The van der Waals surface area contributed by atoms with Crippen molar-refractivity contribution in [1.82, 2.24) is 0 Å². The summed E-state index contributed by atoms with van der Waals surface area (Å²) in [4.78, 5) is 11.9. The van der Waals surface area contributed by atoms with Crippen LogP contribution in [0.25, 0.3) is 0 Å². The van der Waals surface area contributed by atoms with Crippen molar-refractivity contribution in [2.24, 2.45) is 28.6 Å². The van der Waals surface area contributed by atoms with Gasteiger partial charge in [0, 0.05) is 11.8 Å². The van der Waals surface area contributed by atoms with Crippen molar-refractivity contribution in [2.45, 2.75) is 65.2 Å². The van der Waals surface area contributed by atoms with Gasteiger partial charge in [0.1, 0.15) is 0 Å². The number of fused-ring (bicyclic) bond motifs is 5. The summed E-state index contributed by atoms with van der Waals surface area (Å²) in [7, 11) is 0. The first kappa shape index (κ1) is 15.6. The van der Waals surface area contributed by atoms with Crippen molar-refractivity contribution in [3.8, 4) is 0 Å². The number of carbonyl (C=O) groups is 1. The SMILES string of the molecule is CC=C1CC[C@H]2[C@@H]3CCC4=CC(=O)CC[C@]4(CO)[C@H]3CC[C@]12C. The molecule has 0 amide bonds. The van der Waals surface area contributed by atoms with Crippen LogP contribution in [-0.2, 0) is 4.79 Å². The first-order valence-electron chi connectivity index (χ1n) is 9.55. The van der Waals surface area contributed by atoms with E-state index < -0.39 is 0 Å². The van der Waals surface area contributed by atoms with Gasteiger partial charge in [0.05, 0.1) is 6.61 Å². The molecule has 2 nitrogen and oxygen atoms in total. The standard InChI is InChI=1S/C21H30O2/c1-3-14-5-7-18-17-6-4-15-12-16(23)8-11-21(15,13-22)19(17)9-10-20(14,18)2/h3,12,17-19,22H,4-11,13H2,1-2H3/t17-,18-,19-,20+,21+/m0/s1. The zero-order valence-electron chi connectivity index (χ0n) is 14.6. The Morgan fingerprint density at radius 1 is 1.17 bits per heavy atom. The molecule has 3 saturated carbocycles. The molecule has 0 bridgehead atoms. The molecular weight excluding hydrogens is 284 g/mol. The second kappa shape index (κ2) is 5.31. The lowest BCUT2D eigenvalue weighted by Crippen LogP contribution is -2.52. The second-order valence-corrected chi connectivity index (χ2v) is 8.67. The van der Waals surface area contributed by atoms with Gasteiger partial charge in [-0.1, -0.05) is 24.1 Å². The second-order valence-electron chi connectivity index (χ2n) is 8.67. The highest BCUT2D eigenvalue weighted by Gasteiger charge is 2.58. The average Bonchev–Trinajstić information content (AvgIpc) is 2.90. The Morgan fingerprint density at radius 2 is 2.00 bits per heavy atom. The molecule has 2 heteroatoms. The molecule has 0 saturated heterocycles. The number of carbonyl (C=O) groups excluding carboxylic acids is 1. The fourth-order valence-electron chi connectivity index (χ4n) is 6.98. The number of aliphatic hydroxyl groups excluding tert-OH is 1. The number of hydrogen-bond acceptors (Lipinski definition) is 2. The summed E-state index contributed by atoms with van der Waals surface area (Å²) in [5, 5.41) is 10.3. The van der Waals surface area contributed by atoms with E-state index in [1.54, 1.807) is 5.57 Å². The Morgan fingerprint density at radius 3 is 2.74 bits per heavy atom. The summed E-state index contributed by atoms with van der Waals surface area (Å²) >= 11 is 0. The van der Waals surface area contributed by atoms with Gasteiger partial charge >= 0.3 is 0 Å². The van der Waals surface area contributed by atoms with Crippen LogP contribution in [0.2, 0.25) is 0 Å². The van der Waals surface area contributed by atoms with E-state index in [-0.39, 0.29) is 17.8 Å². The van der Waals surface area contributed by atoms with Crippen LogP contribution >= 0.6 is 0 Å². The molecule has 23 heavy (non-hydrogen) atoms. The van der Waals surface area contributed by atoms with E-state index in [2.05, 4.69) is 19.9 Å². The smallest absolute Gasteiger partial charge is 0.155 e. The van der Waals surface area contributed by atoms with E-state index in [0.29, 0.717) is 17.8 Å². The Balaban J connectivity index is 1.72. The third kappa shape index (κ3) is 2.00. The predicted molar refractivity (Wildman–Crippen MR) is 91.9 cm³/mol. The molecule has 126 valence electrons. The van der Waals surface area contributed by atoms with E-state index in [4.69, 9.17) is 0 Å². The molecule has 4 aliphatic carbocycles. The van der Waals surface area contributed by atoms with Gasteiger partial charge in [-0.05, 0) is 81.1 Å². The first-order chi connectivity index (χ1) is 11.0. The third-order valence-corrected chi connectivity index (χ3v) is 8.16. The van der Waals surface area contributed by atoms with Crippen molar-refractivity contribution in [1.29, 1.82) is 0 Å². The van der Waals surface area contributed by atoms with Crippen molar-refractivity contribution in [3.05, 3.63) is 23.3 Å². The molecule has 0 aromatic heterocycles. The quantitative estimate of drug-likeness (QED) is 0.727. The number of hydrogen-bond donors (Lipinski definition) is 1. The summed E-state index contributed by atoms with van der Waals surface area (Å²) in [6.07, 6.45) is 13.1. The molecule has 0 aliphatic heterocycles. The zero-order chi connectivity index (χ0) is 16.2. The number of rotatable bonds is 1. The van der Waals surface area contributed by atoms with Gasteiger partial charge in [-0.15, -0.1) is 0 Å². The largest absolute Gasteiger partial charge is 0.395 e. The summed E-state index contributed by atoms with van der Waals surface area (Å²) in [6.45, 7) is 4.95. The topological polar surface area (TPSA) is 37.3 Å². The van der Waals surface area contributed by atoms with Gasteiger partial charge in [-0.25, -0.2) is 0 Å². The summed E-state index contributed by atoms with van der Waals surface area (Å²) in [5.41, 5.74) is 3.29. The van der Waals surface area contributed by atoms with Crippen LogP contribution in [-0.4, -0.2) is 17.5 Å². The highest BCUT2D eigenvalue weighted by atomic mass is 16.3. The van der Waals surface area contributed by atoms with Crippen LogP contribution in [0.15, 0.2) is 23.3 Å². The molecule has 4 rings (SSSR count). The lowest BCUT2D eigenvalue weighted by molar-refractivity contribution is -0.118. The van der Waals surface area contributed by atoms with Crippen molar-refractivity contribution < 1.29 is 9.90 Å². The van der Waals surface area contributed by atoms with Gasteiger partial charge < -0.3 is 5.11 Å². The molecule has 3 fully saturated rings. The molecular formula is C21H30O2. The molecule has 0 spiro atoms. The Labute approximate surface area is 140 Å². The average molecular weight is 314 g/mol. The van der Waals surface area contributed by atoms with Gasteiger partial charge in [0.15, 0.2) is 5.78 Å². The number of allylic oxidation sites excluding steroid dienone is 2. The fourth-order valence-corrected chi connectivity index (χ4v) is 6.98. The maximum absolute atomic E-state index is 11.9. The number of ketones is 1. The lowest BCUT2D eigenvalue weighted by atomic mass is 9.47. The summed E-state index contributed by atoms with van der Waals surface area (Å²) in [5.74, 6) is 2.40. The van der Waals surface area contributed by atoms with Crippen molar-refractivity contribution in [2.75, 3.05) is 6.61 Å². The van der Waals surface area contributed by atoms with Crippen molar-refractivity contribution >= 4 is 5.78 Å². The lowest BCUT2D eigenvalue weighted by Gasteiger charge is -2.58. The van der Waals surface area contributed by atoms with Crippen LogP contribution in [0, 0.1) is 28.6 Å². The normalized spacial score (nSPS) is 47.8. The van der Waals surface area contributed by atoms with E-state index in [9.17, 15) is 9.90 Å². The molecule has 0 unspecified atom stereocenters. The van der Waals surface area contributed by atoms with Gasteiger partial charge in [0.2, 0.25) is 0 Å². The zero-order valence-corrected chi connectivity index (χ0v) is 14.6. The van der Waals surface area contributed by atoms with E-state index >= 15 is 0 Å². The molecule has 1 N–H and O–H groups in total. The maximum Gasteiger partial charge on any atom is 0.155 e. The molecule has 0 heterocycles. The van der Waals surface area contributed by atoms with E-state index in [1.807, 2.05) is 6.08 Å². The van der Waals surface area contributed by atoms with Crippen molar-refractivity contribution in [3.63, 3.8) is 0 Å². The maximum atomic E-state index is 11.9. The highest BCUT2D eigenvalue weighted by molar-refractivity contribution is 5.91. The Bertz CT molecular complexity index is 587. The van der Waals surface area contributed by atoms with Gasteiger partial charge in [-0.2, -0.15) is 0 Å². The molecule has 0 aromatic carbocycles. The minimum atomic E-state index is -0.0726. The van der Waals surface area contributed by atoms with Gasteiger partial charge in [-0.3, -0.25) is 4.79 Å². The summed E-state index contributed by atoms with van der Waals surface area (Å²) < 4.78 is 0. The first-order valence-corrected chi connectivity index (χ1v) is 9.55.